The minimum atomic E-state index is -1.34. The lowest BCUT2D eigenvalue weighted by Gasteiger charge is -2.41. The normalized spacial score (nSPS) is 34.0. The van der Waals surface area contributed by atoms with Crippen molar-refractivity contribution in [3.63, 3.8) is 0 Å². The van der Waals surface area contributed by atoms with Crippen molar-refractivity contribution in [3.8, 4) is 0 Å². The molecule has 0 aromatic heterocycles. The van der Waals surface area contributed by atoms with Crippen LogP contribution in [-0.4, -0.2) is 120 Å². The highest BCUT2D eigenvalue weighted by Gasteiger charge is 2.75. The molecule has 226 valence electrons. The first-order valence-corrected chi connectivity index (χ1v) is 15.2. The van der Waals surface area contributed by atoms with Crippen LogP contribution in [0.5, 0.6) is 0 Å². The number of aliphatic hydroxyl groups excluding tert-OH is 1. The standard InChI is InChI=1S/C32H42N4O6/c1-22(2)24(21-37)36-27-30(40)34(16-15-33-17-19-41-20-18-33)13-8-12-32(27)26(29(36)39)25-28(38)35(23-9-5-4-6-10-23)14-7-11-31(25,3)42-32/h4-12,22,24-27,37H,13-21H2,1-3H3/t24-,25+,26-,27?,31-,32-/m0/s1. The monoisotopic (exact) mass is 578 g/mol. The van der Waals surface area contributed by atoms with Crippen LogP contribution in [0.4, 0.5) is 5.69 Å². The zero-order valence-electron chi connectivity index (χ0n) is 24.7. The quantitative estimate of drug-likeness (QED) is 0.487. The van der Waals surface area contributed by atoms with Crippen molar-refractivity contribution in [2.75, 3.05) is 64.0 Å². The number of carbonyl (C=O) groups excluding carboxylic acids is 3. The number of anilines is 1. The maximum Gasteiger partial charge on any atom is 0.249 e. The highest BCUT2D eigenvalue weighted by atomic mass is 16.5. The Bertz CT molecular complexity index is 1260. The number of benzene rings is 1. The first-order valence-electron chi connectivity index (χ1n) is 15.2. The summed E-state index contributed by atoms with van der Waals surface area (Å²) < 4.78 is 12.4. The molecule has 10 nitrogen and oxygen atoms in total. The number of para-hydroxylation sites is 1. The number of hydrogen-bond acceptors (Lipinski definition) is 7. The Balaban J connectivity index is 1.41. The zero-order chi connectivity index (χ0) is 29.6. The molecule has 6 atom stereocenters. The molecule has 3 amide bonds. The van der Waals surface area contributed by atoms with Crippen LogP contribution < -0.4 is 4.90 Å². The maximum absolute atomic E-state index is 14.6. The Morgan fingerprint density at radius 3 is 2.33 bits per heavy atom. The van der Waals surface area contributed by atoms with E-state index in [4.69, 9.17) is 9.47 Å². The van der Waals surface area contributed by atoms with Crippen LogP contribution in [0, 0.1) is 17.8 Å². The van der Waals surface area contributed by atoms with Crippen molar-refractivity contribution in [1.29, 1.82) is 0 Å². The predicted octanol–water partition coefficient (Wildman–Crippen LogP) is 1.31. The van der Waals surface area contributed by atoms with Crippen molar-refractivity contribution >= 4 is 23.4 Å². The second kappa shape index (κ2) is 11.2. The SMILES string of the molecule is CC(C)[C@H](CO)N1C(=O)[C@@H]2[C@@H]3C(=O)N(c4ccccc4)CC=C[C@]3(C)O[C@@]23C=CCN(CCN2CCOCC2)C(=O)C13. The highest BCUT2D eigenvalue weighted by molar-refractivity contribution is 6.04. The van der Waals surface area contributed by atoms with E-state index in [9.17, 15) is 19.5 Å². The van der Waals surface area contributed by atoms with Crippen molar-refractivity contribution in [3.05, 3.63) is 54.6 Å². The minimum Gasteiger partial charge on any atom is -0.394 e. The zero-order valence-corrected chi connectivity index (χ0v) is 24.7. The summed E-state index contributed by atoms with van der Waals surface area (Å²) in [5, 5.41) is 10.5. The number of hydrogen-bond donors (Lipinski definition) is 1. The van der Waals surface area contributed by atoms with Crippen LogP contribution in [0.25, 0.3) is 0 Å². The lowest BCUT2D eigenvalue weighted by Crippen LogP contribution is -2.60. The van der Waals surface area contributed by atoms with E-state index in [-0.39, 0.29) is 30.2 Å². The maximum atomic E-state index is 14.6. The third-order valence-corrected chi connectivity index (χ3v) is 9.75. The third kappa shape index (κ3) is 4.59. The van der Waals surface area contributed by atoms with Gasteiger partial charge in [-0.25, -0.2) is 0 Å². The summed E-state index contributed by atoms with van der Waals surface area (Å²) in [5.41, 5.74) is -1.69. The molecule has 1 N–H and O–H groups in total. The van der Waals surface area contributed by atoms with Gasteiger partial charge in [-0.15, -0.1) is 0 Å². The molecule has 0 aliphatic carbocycles. The van der Waals surface area contributed by atoms with Crippen molar-refractivity contribution in [2.24, 2.45) is 17.8 Å². The fourth-order valence-electron chi connectivity index (χ4n) is 7.61. The number of ether oxygens (including phenoxy) is 2. The molecule has 5 aliphatic heterocycles. The summed E-state index contributed by atoms with van der Waals surface area (Å²) in [4.78, 5) is 50.9. The van der Waals surface area contributed by atoms with Crippen LogP contribution in [-0.2, 0) is 23.9 Å². The predicted molar refractivity (Wildman–Crippen MR) is 156 cm³/mol. The third-order valence-electron chi connectivity index (χ3n) is 9.75. The summed E-state index contributed by atoms with van der Waals surface area (Å²) in [6.45, 7) is 10.3. The van der Waals surface area contributed by atoms with Gasteiger partial charge in [0.05, 0.1) is 43.3 Å². The van der Waals surface area contributed by atoms with E-state index in [0.29, 0.717) is 39.4 Å². The second-order valence-electron chi connectivity index (χ2n) is 12.6. The van der Waals surface area contributed by atoms with Crippen molar-refractivity contribution in [2.45, 2.75) is 44.1 Å². The molecule has 5 heterocycles. The van der Waals surface area contributed by atoms with Crippen LogP contribution in [0.15, 0.2) is 54.6 Å². The lowest BCUT2D eigenvalue weighted by atomic mass is 9.74. The Morgan fingerprint density at radius 1 is 0.929 bits per heavy atom. The molecule has 42 heavy (non-hydrogen) atoms. The first kappa shape index (κ1) is 29.0. The molecule has 3 saturated heterocycles. The van der Waals surface area contributed by atoms with Gasteiger partial charge in [0.1, 0.15) is 11.6 Å². The molecule has 10 heteroatoms. The van der Waals surface area contributed by atoms with Crippen molar-refractivity contribution < 1.29 is 29.0 Å². The average molecular weight is 579 g/mol. The smallest absolute Gasteiger partial charge is 0.249 e. The van der Waals surface area contributed by atoms with Gasteiger partial charge in [0.25, 0.3) is 0 Å². The van der Waals surface area contributed by atoms with Crippen LogP contribution in [0.1, 0.15) is 20.8 Å². The van der Waals surface area contributed by atoms with Gasteiger partial charge in [0, 0.05) is 45.0 Å². The summed E-state index contributed by atoms with van der Waals surface area (Å²) in [6.07, 6.45) is 7.60. The van der Waals surface area contributed by atoms with E-state index in [2.05, 4.69) is 4.90 Å². The first-order chi connectivity index (χ1) is 20.2. The number of fused-ring (bicyclic) bond motifs is 2. The van der Waals surface area contributed by atoms with E-state index in [1.807, 2.05) is 75.4 Å². The van der Waals surface area contributed by atoms with Gasteiger partial charge in [0.2, 0.25) is 17.7 Å². The molecule has 1 aromatic rings. The number of nitrogens with zero attached hydrogens (tertiary/aromatic N) is 4. The van der Waals surface area contributed by atoms with E-state index < -0.39 is 35.1 Å². The van der Waals surface area contributed by atoms with Crippen LogP contribution in [0.3, 0.4) is 0 Å². The number of morpholine rings is 1. The topological polar surface area (TPSA) is 103 Å². The molecule has 1 unspecified atom stereocenters. The number of likely N-dealkylation sites (tertiary alicyclic amines) is 1. The van der Waals surface area contributed by atoms with Crippen LogP contribution in [0.2, 0.25) is 0 Å². The van der Waals surface area contributed by atoms with Gasteiger partial charge in [-0.1, -0.05) is 56.4 Å². The Hall–Kier alpha value is -3.05. The number of rotatable bonds is 7. The number of aliphatic hydroxyl groups is 1. The minimum absolute atomic E-state index is 0.117. The number of carbonyl (C=O) groups is 3. The molecule has 5 aliphatic rings. The summed E-state index contributed by atoms with van der Waals surface area (Å²) >= 11 is 0. The molecule has 6 rings (SSSR count). The number of amides is 3. The van der Waals surface area contributed by atoms with Gasteiger partial charge < -0.3 is 29.3 Å². The van der Waals surface area contributed by atoms with E-state index in [0.717, 1.165) is 18.8 Å². The van der Waals surface area contributed by atoms with Gasteiger partial charge in [-0.2, -0.15) is 0 Å². The highest BCUT2D eigenvalue weighted by Crippen LogP contribution is 2.58. The Morgan fingerprint density at radius 2 is 1.64 bits per heavy atom. The largest absolute Gasteiger partial charge is 0.394 e. The molecular formula is C32H42N4O6. The van der Waals surface area contributed by atoms with E-state index in [1.54, 1.807) is 14.7 Å². The lowest BCUT2D eigenvalue weighted by molar-refractivity contribution is -0.155. The molecule has 0 radical (unpaired) electrons. The molecule has 0 bridgehead atoms. The fourth-order valence-corrected chi connectivity index (χ4v) is 7.61. The molecule has 0 saturated carbocycles. The van der Waals surface area contributed by atoms with Crippen molar-refractivity contribution in [1.82, 2.24) is 14.7 Å². The Labute approximate surface area is 247 Å². The average Bonchev–Trinajstić information content (AvgIpc) is 3.25. The van der Waals surface area contributed by atoms with Gasteiger partial charge >= 0.3 is 0 Å². The van der Waals surface area contributed by atoms with Crippen LogP contribution >= 0.6 is 0 Å². The second-order valence-corrected chi connectivity index (χ2v) is 12.6. The van der Waals surface area contributed by atoms with E-state index in [1.165, 1.54) is 0 Å². The molecule has 3 fully saturated rings. The van der Waals surface area contributed by atoms with Gasteiger partial charge in [-0.3, -0.25) is 19.3 Å². The summed E-state index contributed by atoms with van der Waals surface area (Å²) in [5.74, 6) is -2.61. The Kier molecular flexibility index (Phi) is 7.76. The van der Waals surface area contributed by atoms with Gasteiger partial charge in [0.15, 0.2) is 0 Å². The summed E-state index contributed by atoms with van der Waals surface area (Å²) in [7, 11) is 0. The van der Waals surface area contributed by atoms with Gasteiger partial charge in [-0.05, 0) is 25.0 Å². The molecular weight excluding hydrogens is 536 g/mol. The summed E-state index contributed by atoms with van der Waals surface area (Å²) in [6, 6.07) is 7.84. The fraction of sp³-hybridized carbons (Fsp3) is 0.594. The van der Waals surface area contributed by atoms with E-state index >= 15 is 0 Å². The molecule has 1 spiro atoms. The molecule has 1 aromatic carbocycles.